The van der Waals surface area contributed by atoms with Crippen molar-refractivity contribution in [2.75, 3.05) is 32.8 Å². The molecule has 0 spiro atoms. The van der Waals surface area contributed by atoms with E-state index in [2.05, 4.69) is 5.32 Å². The van der Waals surface area contributed by atoms with E-state index in [-0.39, 0.29) is 25.0 Å². The lowest BCUT2D eigenvalue weighted by atomic mass is 10.1. The summed E-state index contributed by atoms with van der Waals surface area (Å²) in [7, 11) is 0. The van der Waals surface area contributed by atoms with Crippen molar-refractivity contribution < 1.29 is 19.1 Å². The van der Waals surface area contributed by atoms with Gasteiger partial charge in [0.2, 0.25) is 5.91 Å². The molecule has 3 rings (SSSR count). The van der Waals surface area contributed by atoms with Gasteiger partial charge in [0.05, 0.1) is 18.7 Å². The maximum absolute atomic E-state index is 12.5. The zero-order chi connectivity index (χ0) is 15.5. The van der Waals surface area contributed by atoms with E-state index in [9.17, 15) is 9.59 Å². The number of carbonyl (C=O) groups is 2. The van der Waals surface area contributed by atoms with Crippen molar-refractivity contribution in [2.45, 2.75) is 6.92 Å². The molecular weight excluding hydrogens is 284 g/mol. The van der Waals surface area contributed by atoms with Crippen molar-refractivity contribution in [1.82, 2.24) is 10.2 Å². The van der Waals surface area contributed by atoms with Gasteiger partial charge in [0.25, 0.3) is 5.91 Å². The number of para-hydroxylation sites is 1. The minimum Gasteiger partial charge on any atom is -0.490 e. The van der Waals surface area contributed by atoms with Crippen LogP contribution in [0.3, 0.4) is 0 Å². The summed E-state index contributed by atoms with van der Waals surface area (Å²) >= 11 is 0. The molecule has 1 saturated heterocycles. The monoisotopic (exact) mass is 302 g/mol. The number of nitrogens with one attached hydrogen (secondary N) is 1. The second-order valence-electron chi connectivity index (χ2n) is 5.14. The van der Waals surface area contributed by atoms with Gasteiger partial charge in [-0.1, -0.05) is 12.1 Å². The summed E-state index contributed by atoms with van der Waals surface area (Å²) in [5.41, 5.74) is 1.37. The summed E-state index contributed by atoms with van der Waals surface area (Å²) in [5.74, 6) is 1.07. The molecule has 2 heterocycles. The topological polar surface area (TPSA) is 67.9 Å². The quantitative estimate of drug-likeness (QED) is 0.897. The van der Waals surface area contributed by atoms with Gasteiger partial charge in [-0.2, -0.15) is 0 Å². The molecule has 2 aliphatic heterocycles. The van der Waals surface area contributed by atoms with Gasteiger partial charge >= 0.3 is 0 Å². The smallest absolute Gasteiger partial charge is 0.253 e. The van der Waals surface area contributed by atoms with Gasteiger partial charge in [0.15, 0.2) is 11.5 Å². The average Bonchev–Trinajstić information content (AvgIpc) is 2.54. The fourth-order valence-electron chi connectivity index (χ4n) is 2.59. The van der Waals surface area contributed by atoms with Crippen molar-refractivity contribution >= 4 is 17.9 Å². The van der Waals surface area contributed by atoms with E-state index in [0.717, 1.165) is 5.56 Å². The fraction of sp³-hybridized carbons (Fsp3) is 0.375. The van der Waals surface area contributed by atoms with Crippen LogP contribution in [0, 0.1) is 0 Å². The number of piperazine rings is 1. The Hall–Kier alpha value is -2.50. The largest absolute Gasteiger partial charge is 0.490 e. The lowest BCUT2D eigenvalue weighted by Gasteiger charge is -2.29. The van der Waals surface area contributed by atoms with Gasteiger partial charge in [0, 0.05) is 18.7 Å². The summed E-state index contributed by atoms with van der Waals surface area (Å²) in [6.45, 7) is 3.76. The van der Waals surface area contributed by atoms with Crippen LogP contribution in [0.1, 0.15) is 12.5 Å². The predicted molar refractivity (Wildman–Crippen MR) is 80.7 cm³/mol. The number of benzene rings is 1. The third-order valence-corrected chi connectivity index (χ3v) is 3.61. The third kappa shape index (κ3) is 2.77. The van der Waals surface area contributed by atoms with E-state index in [0.29, 0.717) is 36.8 Å². The van der Waals surface area contributed by atoms with Crippen molar-refractivity contribution in [3.63, 3.8) is 0 Å². The highest BCUT2D eigenvalue weighted by atomic mass is 16.5. The molecule has 2 amide bonds. The molecular formula is C16H18N2O4. The Bertz CT molecular complexity index is 639. The van der Waals surface area contributed by atoms with Crippen molar-refractivity contribution in [3.05, 3.63) is 29.3 Å². The molecule has 0 aromatic heterocycles. The molecule has 1 fully saturated rings. The van der Waals surface area contributed by atoms with Crippen molar-refractivity contribution in [3.8, 4) is 11.5 Å². The van der Waals surface area contributed by atoms with Crippen LogP contribution in [-0.4, -0.2) is 49.6 Å². The van der Waals surface area contributed by atoms with Gasteiger partial charge in [-0.25, -0.2) is 0 Å². The molecule has 22 heavy (non-hydrogen) atoms. The molecule has 0 radical (unpaired) electrons. The SMILES string of the molecule is CCOc1cccc2c1OCC(C(=O)N1CCNC(=O)C1)=C2. The summed E-state index contributed by atoms with van der Waals surface area (Å²) in [6.07, 6.45) is 1.82. The molecule has 0 aliphatic carbocycles. The molecule has 6 heteroatoms. The zero-order valence-electron chi connectivity index (χ0n) is 12.4. The highest BCUT2D eigenvalue weighted by molar-refractivity contribution is 6.01. The van der Waals surface area contributed by atoms with Crippen LogP contribution in [0.5, 0.6) is 11.5 Å². The lowest BCUT2D eigenvalue weighted by molar-refractivity contribution is -0.135. The van der Waals surface area contributed by atoms with Gasteiger partial charge in [-0.05, 0) is 19.1 Å². The van der Waals surface area contributed by atoms with Crippen LogP contribution in [0.25, 0.3) is 6.08 Å². The maximum Gasteiger partial charge on any atom is 0.253 e. The van der Waals surface area contributed by atoms with Crippen LogP contribution in [-0.2, 0) is 9.59 Å². The van der Waals surface area contributed by atoms with E-state index < -0.39 is 0 Å². The first-order valence-corrected chi connectivity index (χ1v) is 7.34. The van der Waals surface area contributed by atoms with Crippen molar-refractivity contribution in [2.24, 2.45) is 0 Å². The van der Waals surface area contributed by atoms with E-state index in [4.69, 9.17) is 9.47 Å². The Morgan fingerprint density at radius 3 is 3.09 bits per heavy atom. The number of fused-ring (bicyclic) bond motifs is 1. The number of amides is 2. The normalized spacial score (nSPS) is 17.0. The average molecular weight is 302 g/mol. The Balaban J connectivity index is 1.83. The number of hydrogen-bond acceptors (Lipinski definition) is 4. The van der Waals surface area contributed by atoms with Crippen molar-refractivity contribution in [1.29, 1.82) is 0 Å². The van der Waals surface area contributed by atoms with Crippen LogP contribution in [0.2, 0.25) is 0 Å². The molecule has 1 N–H and O–H groups in total. The predicted octanol–water partition coefficient (Wildman–Crippen LogP) is 0.819. The highest BCUT2D eigenvalue weighted by Gasteiger charge is 2.27. The Morgan fingerprint density at radius 2 is 2.32 bits per heavy atom. The summed E-state index contributed by atoms with van der Waals surface area (Å²) < 4.78 is 11.2. The summed E-state index contributed by atoms with van der Waals surface area (Å²) in [5, 5.41) is 2.71. The molecule has 1 aromatic rings. The molecule has 0 bridgehead atoms. The van der Waals surface area contributed by atoms with Gasteiger partial charge in [-0.15, -0.1) is 0 Å². The third-order valence-electron chi connectivity index (χ3n) is 3.61. The first-order chi connectivity index (χ1) is 10.7. The molecule has 6 nitrogen and oxygen atoms in total. The number of hydrogen-bond donors (Lipinski definition) is 1. The minimum absolute atomic E-state index is 0.0992. The van der Waals surface area contributed by atoms with Crippen LogP contribution < -0.4 is 14.8 Å². The summed E-state index contributed by atoms with van der Waals surface area (Å²) in [4.78, 5) is 25.4. The Morgan fingerprint density at radius 1 is 1.45 bits per heavy atom. The summed E-state index contributed by atoms with van der Waals surface area (Å²) in [6, 6.07) is 5.59. The van der Waals surface area contributed by atoms with E-state index in [1.54, 1.807) is 4.90 Å². The second kappa shape index (κ2) is 6.09. The number of carbonyl (C=O) groups excluding carboxylic acids is 2. The van der Waals surface area contributed by atoms with E-state index in [1.807, 2.05) is 31.2 Å². The highest BCUT2D eigenvalue weighted by Crippen LogP contribution is 2.36. The van der Waals surface area contributed by atoms with Gasteiger partial charge in [0.1, 0.15) is 6.61 Å². The molecule has 0 atom stereocenters. The lowest BCUT2D eigenvalue weighted by Crippen LogP contribution is -2.50. The Kier molecular flexibility index (Phi) is 4.00. The minimum atomic E-state index is -0.151. The molecule has 1 aromatic carbocycles. The van der Waals surface area contributed by atoms with E-state index in [1.165, 1.54) is 0 Å². The van der Waals surface area contributed by atoms with E-state index >= 15 is 0 Å². The molecule has 2 aliphatic rings. The van der Waals surface area contributed by atoms with Gasteiger partial charge in [-0.3, -0.25) is 9.59 Å². The van der Waals surface area contributed by atoms with Crippen LogP contribution in [0.15, 0.2) is 23.8 Å². The van der Waals surface area contributed by atoms with Crippen LogP contribution >= 0.6 is 0 Å². The first-order valence-electron chi connectivity index (χ1n) is 7.34. The van der Waals surface area contributed by atoms with Crippen LogP contribution in [0.4, 0.5) is 0 Å². The second-order valence-corrected chi connectivity index (χ2v) is 5.14. The standard InChI is InChI=1S/C16H18N2O4/c1-2-21-13-5-3-4-11-8-12(10-22-15(11)13)16(20)18-7-6-17-14(19)9-18/h3-5,8H,2,6-7,9-10H2,1H3,(H,17,19). The maximum atomic E-state index is 12.5. The van der Waals surface area contributed by atoms with Gasteiger partial charge < -0.3 is 19.7 Å². The first kappa shape index (κ1) is 14.4. The number of nitrogens with zero attached hydrogens (tertiary/aromatic N) is 1. The zero-order valence-corrected chi connectivity index (χ0v) is 12.4. The molecule has 0 unspecified atom stereocenters. The molecule has 116 valence electrons. The fourth-order valence-corrected chi connectivity index (χ4v) is 2.59. The number of ether oxygens (including phenoxy) is 2. The number of rotatable bonds is 3. The Labute approximate surface area is 128 Å². The molecule has 0 saturated carbocycles.